The molecule has 138 valence electrons. The number of carbonyl (C=O) groups excluding carboxylic acids is 2. The van der Waals surface area contributed by atoms with Gasteiger partial charge < -0.3 is 21.1 Å². The van der Waals surface area contributed by atoms with Crippen LogP contribution in [-0.2, 0) is 11.3 Å². The molecule has 0 atom stereocenters. The number of nitrogens with zero attached hydrogens (tertiary/aromatic N) is 4. The van der Waals surface area contributed by atoms with Crippen molar-refractivity contribution in [2.24, 2.45) is 5.73 Å². The van der Waals surface area contributed by atoms with Gasteiger partial charge in [-0.25, -0.2) is 4.79 Å². The van der Waals surface area contributed by atoms with Gasteiger partial charge in [0.05, 0.1) is 12.8 Å². The summed E-state index contributed by atoms with van der Waals surface area (Å²) in [5, 5.41) is 17.2. The van der Waals surface area contributed by atoms with E-state index in [4.69, 9.17) is 10.5 Å². The van der Waals surface area contributed by atoms with Crippen LogP contribution in [0.2, 0.25) is 0 Å². The molecule has 27 heavy (non-hydrogen) atoms. The van der Waals surface area contributed by atoms with E-state index in [0.29, 0.717) is 22.9 Å². The van der Waals surface area contributed by atoms with Crippen molar-refractivity contribution < 1.29 is 14.3 Å². The maximum absolute atomic E-state index is 12.2. The van der Waals surface area contributed by atoms with Crippen molar-refractivity contribution in [1.82, 2.24) is 20.2 Å². The third-order valence-corrected chi connectivity index (χ3v) is 3.51. The SMILES string of the molecule is COc1cc(NC(=O)Cn2nnc(-c3ccccc3)n2)ccc1NC(N)=O. The van der Waals surface area contributed by atoms with Crippen LogP contribution in [0.15, 0.2) is 48.5 Å². The Morgan fingerprint density at radius 2 is 1.93 bits per heavy atom. The van der Waals surface area contributed by atoms with Crippen molar-refractivity contribution in [2.45, 2.75) is 6.54 Å². The molecule has 0 spiro atoms. The van der Waals surface area contributed by atoms with Gasteiger partial charge >= 0.3 is 6.03 Å². The fraction of sp³-hybridized carbons (Fsp3) is 0.118. The lowest BCUT2D eigenvalue weighted by atomic mass is 10.2. The molecule has 0 saturated carbocycles. The Kier molecular flexibility index (Phi) is 5.26. The van der Waals surface area contributed by atoms with Crippen LogP contribution in [0.3, 0.4) is 0 Å². The van der Waals surface area contributed by atoms with Crippen LogP contribution in [0.5, 0.6) is 5.75 Å². The molecule has 3 aromatic rings. The summed E-state index contributed by atoms with van der Waals surface area (Å²) in [4.78, 5) is 24.4. The van der Waals surface area contributed by atoms with Gasteiger partial charge in [0, 0.05) is 17.3 Å². The van der Waals surface area contributed by atoms with Gasteiger partial charge in [0.2, 0.25) is 11.7 Å². The number of primary amides is 1. The second-order valence-corrected chi connectivity index (χ2v) is 5.46. The topological polar surface area (TPSA) is 137 Å². The van der Waals surface area contributed by atoms with Crippen molar-refractivity contribution in [2.75, 3.05) is 17.7 Å². The molecule has 0 unspecified atom stereocenters. The first-order valence-electron chi connectivity index (χ1n) is 7.93. The zero-order chi connectivity index (χ0) is 19.2. The standard InChI is InChI=1S/C17H17N7O3/c1-27-14-9-12(7-8-13(14)20-17(18)26)19-15(25)10-24-22-16(21-23-24)11-5-3-2-4-6-11/h2-9H,10H2,1H3,(H,19,25)(H3,18,20,26). The van der Waals surface area contributed by atoms with E-state index in [-0.39, 0.29) is 12.5 Å². The van der Waals surface area contributed by atoms with Gasteiger partial charge in [0.15, 0.2) is 0 Å². The largest absolute Gasteiger partial charge is 0.494 e. The Labute approximate surface area is 154 Å². The number of urea groups is 1. The number of rotatable bonds is 6. The molecule has 10 heteroatoms. The third kappa shape index (κ3) is 4.57. The molecular weight excluding hydrogens is 350 g/mol. The van der Waals surface area contributed by atoms with Crippen LogP contribution in [0.1, 0.15) is 0 Å². The Bertz CT molecular complexity index is 956. The fourth-order valence-corrected chi connectivity index (χ4v) is 2.35. The van der Waals surface area contributed by atoms with Gasteiger partial charge in [-0.2, -0.15) is 4.80 Å². The summed E-state index contributed by atoms with van der Waals surface area (Å²) in [6.45, 7) is -0.108. The number of anilines is 2. The average molecular weight is 367 g/mol. The molecule has 0 bridgehead atoms. The number of aromatic nitrogens is 4. The molecular formula is C17H17N7O3. The Balaban J connectivity index is 1.66. The van der Waals surface area contributed by atoms with Crippen LogP contribution in [0.4, 0.5) is 16.2 Å². The summed E-state index contributed by atoms with van der Waals surface area (Å²) < 4.78 is 5.18. The van der Waals surface area contributed by atoms with Crippen molar-refractivity contribution in [1.29, 1.82) is 0 Å². The summed E-state index contributed by atoms with van der Waals surface area (Å²) >= 11 is 0. The Hall–Kier alpha value is -3.95. The van der Waals surface area contributed by atoms with Crippen LogP contribution < -0.4 is 21.1 Å². The summed E-state index contributed by atoms with van der Waals surface area (Å²) in [5.74, 6) is 0.452. The quantitative estimate of drug-likeness (QED) is 0.603. The summed E-state index contributed by atoms with van der Waals surface area (Å²) in [7, 11) is 1.44. The minimum Gasteiger partial charge on any atom is -0.494 e. The molecule has 3 rings (SSSR count). The number of nitrogens with two attached hydrogens (primary N) is 1. The number of nitrogens with one attached hydrogen (secondary N) is 2. The molecule has 0 radical (unpaired) electrons. The van der Waals surface area contributed by atoms with E-state index in [0.717, 1.165) is 5.56 Å². The van der Waals surface area contributed by atoms with Gasteiger partial charge in [0.25, 0.3) is 0 Å². The van der Waals surface area contributed by atoms with E-state index < -0.39 is 6.03 Å². The number of methoxy groups -OCH3 is 1. The molecule has 2 aromatic carbocycles. The predicted octanol–water partition coefficient (Wildman–Crippen LogP) is 1.48. The zero-order valence-corrected chi connectivity index (χ0v) is 14.4. The highest BCUT2D eigenvalue weighted by molar-refractivity contribution is 5.93. The normalized spacial score (nSPS) is 10.3. The number of benzene rings is 2. The van der Waals surface area contributed by atoms with Gasteiger partial charge in [-0.3, -0.25) is 4.79 Å². The van der Waals surface area contributed by atoms with E-state index in [1.807, 2.05) is 30.3 Å². The first-order valence-corrected chi connectivity index (χ1v) is 7.93. The highest BCUT2D eigenvalue weighted by Gasteiger charge is 2.11. The van der Waals surface area contributed by atoms with Gasteiger partial charge in [-0.1, -0.05) is 30.3 Å². The second kappa shape index (κ2) is 7.95. The highest BCUT2D eigenvalue weighted by atomic mass is 16.5. The lowest BCUT2D eigenvalue weighted by Crippen LogP contribution is -2.21. The molecule has 1 heterocycles. The smallest absolute Gasteiger partial charge is 0.316 e. The van der Waals surface area contributed by atoms with Crippen molar-refractivity contribution >= 4 is 23.3 Å². The average Bonchev–Trinajstić information content (AvgIpc) is 3.11. The number of tetrazole rings is 1. The van der Waals surface area contributed by atoms with Crippen LogP contribution >= 0.6 is 0 Å². The van der Waals surface area contributed by atoms with E-state index in [9.17, 15) is 9.59 Å². The monoisotopic (exact) mass is 367 g/mol. The third-order valence-electron chi connectivity index (χ3n) is 3.51. The summed E-state index contributed by atoms with van der Waals surface area (Å²) in [6.07, 6.45) is 0. The molecule has 0 aliphatic carbocycles. The van der Waals surface area contributed by atoms with Gasteiger partial charge in [0.1, 0.15) is 12.3 Å². The molecule has 1 aromatic heterocycles. The van der Waals surface area contributed by atoms with Gasteiger partial charge in [-0.15, -0.1) is 10.2 Å². The van der Waals surface area contributed by atoms with Crippen LogP contribution in [0, 0.1) is 0 Å². The van der Waals surface area contributed by atoms with Crippen molar-refractivity contribution in [3.05, 3.63) is 48.5 Å². The molecule has 3 amide bonds. The molecule has 0 aliphatic heterocycles. The minimum absolute atomic E-state index is 0.108. The maximum Gasteiger partial charge on any atom is 0.316 e. The number of ether oxygens (including phenoxy) is 1. The van der Waals surface area contributed by atoms with E-state index in [2.05, 4.69) is 26.0 Å². The Morgan fingerprint density at radius 1 is 1.15 bits per heavy atom. The van der Waals surface area contributed by atoms with Crippen molar-refractivity contribution in [3.8, 4) is 17.1 Å². The molecule has 4 N–H and O–H groups in total. The predicted molar refractivity (Wildman–Crippen MR) is 98.1 cm³/mol. The number of hydrogen-bond acceptors (Lipinski definition) is 6. The van der Waals surface area contributed by atoms with Crippen molar-refractivity contribution in [3.63, 3.8) is 0 Å². The van der Waals surface area contributed by atoms with E-state index in [1.165, 1.54) is 11.9 Å². The first-order chi connectivity index (χ1) is 13.0. The van der Waals surface area contributed by atoms with E-state index >= 15 is 0 Å². The molecule has 0 fully saturated rings. The molecule has 0 aliphatic rings. The van der Waals surface area contributed by atoms with E-state index in [1.54, 1.807) is 18.2 Å². The lowest BCUT2D eigenvalue weighted by Gasteiger charge is -2.11. The summed E-state index contributed by atoms with van der Waals surface area (Å²) in [6, 6.07) is 13.4. The fourth-order valence-electron chi connectivity index (χ4n) is 2.35. The minimum atomic E-state index is -0.712. The first kappa shape index (κ1) is 17.9. The molecule has 10 nitrogen and oxygen atoms in total. The molecule has 0 saturated heterocycles. The number of amides is 3. The second-order valence-electron chi connectivity index (χ2n) is 5.46. The highest BCUT2D eigenvalue weighted by Crippen LogP contribution is 2.27. The lowest BCUT2D eigenvalue weighted by molar-refractivity contribution is -0.117. The maximum atomic E-state index is 12.2. The van der Waals surface area contributed by atoms with Crippen LogP contribution in [0.25, 0.3) is 11.4 Å². The number of carbonyl (C=O) groups is 2. The van der Waals surface area contributed by atoms with Crippen LogP contribution in [-0.4, -0.2) is 39.3 Å². The number of hydrogen-bond donors (Lipinski definition) is 3. The Morgan fingerprint density at radius 3 is 2.63 bits per heavy atom. The van der Waals surface area contributed by atoms with Gasteiger partial charge in [-0.05, 0) is 17.3 Å². The summed E-state index contributed by atoms with van der Waals surface area (Å²) in [5.41, 5.74) is 6.79. The zero-order valence-electron chi connectivity index (χ0n) is 14.4.